The van der Waals surface area contributed by atoms with Crippen LogP contribution in [0.3, 0.4) is 0 Å². The van der Waals surface area contributed by atoms with Gasteiger partial charge in [0.15, 0.2) is 0 Å². The Hall–Kier alpha value is -3.38. The highest BCUT2D eigenvalue weighted by atomic mass is 35.5. The maximum absolute atomic E-state index is 12.5. The lowest BCUT2D eigenvalue weighted by atomic mass is 10.2. The van der Waals surface area contributed by atoms with Gasteiger partial charge in [0.05, 0.1) is 7.11 Å². The largest absolute Gasteiger partial charge is 0.497 e. The number of nitrogens with one attached hydrogen (secondary N) is 2. The number of nitrogens with zero attached hydrogens (tertiary/aromatic N) is 1. The summed E-state index contributed by atoms with van der Waals surface area (Å²) in [5, 5.41) is 6.04. The molecule has 1 aromatic heterocycles. The second-order valence-electron chi connectivity index (χ2n) is 6.03. The van der Waals surface area contributed by atoms with Crippen LogP contribution in [-0.4, -0.2) is 23.9 Å². The molecule has 2 aromatic carbocycles. The lowest BCUT2D eigenvalue weighted by molar-refractivity contribution is 0.102. The van der Waals surface area contributed by atoms with E-state index in [2.05, 4.69) is 15.6 Å². The lowest BCUT2D eigenvalue weighted by Gasteiger charge is -2.09. The van der Waals surface area contributed by atoms with Crippen LogP contribution in [0.15, 0.2) is 60.8 Å². The molecule has 1 heterocycles. The number of ether oxygens (including phenoxy) is 1. The van der Waals surface area contributed by atoms with E-state index in [1.165, 1.54) is 12.3 Å². The zero-order valence-corrected chi connectivity index (χ0v) is 16.1. The van der Waals surface area contributed by atoms with Crippen molar-refractivity contribution >= 4 is 34.8 Å². The summed E-state index contributed by atoms with van der Waals surface area (Å²) in [6.45, 7) is 1.88. The van der Waals surface area contributed by atoms with Crippen LogP contribution in [0, 0.1) is 6.92 Å². The van der Waals surface area contributed by atoms with Crippen LogP contribution < -0.4 is 15.4 Å². The summed E-state index contributed by atoms with van der Waals surface area (Å²) in [6.07, 6.45) is 1.42. The summed E-state index contributed by atoms with van der Waals surface area (Å²) < 4.78 is 5.09. The van der Waals surface area contributed by atoms with Crippen LogP contribution in [0.25, 0.3) is 0 Å². The van der Waals surface area contributed by atoms with Gasteiger partial charge in [-0.3, -0.25) is 14.6 Å². The Morgan fingerprint density at radius 3 is 2.29 bits per heavy atom. The second-order valence-corrected chi connectivity index (χ2v) is 6.44. The number of methoxy groups -OCH3 is 1. The van der Waals surface area contributed by atoms with Crippen molar-refractivity contribution < 1.29 is 14.3 Å². The number of aromatic nitrogens is 1. The van der Waals surface area contributed by atoms with Gasteiger partial charge in [-0.25, -0.2) is 0 Å². The van der Waals surface area contributed by atoms with Gasteiger partial charge >= 0.3 is 0 Å². The molecule has 0 atom stereocenters. The first-order chi connectivity index (χ1) is 13.5. The van der Waals surface area contributed by atoms with Crippen LogP contribution in [0.1, 0.15) is 26.4 Å². The van der Waals surface area contributed by atoms with Crippen molar-refractivity contribution in [2.75, 3.05) is 17.7 Å². The Labute approximate surface area is 167 Å². The molecule has 2 N–H and O–H groups in total. The SMILES string of the molecule is COc1ccc(NC(=O)c2ccnc(C(=O)Nc3ccc(C)c(Cl)c3)c2)cc1. The smallest absolute Gasteiger partial charge is 0.274 e. The first-order valence-corrected chi connectivity index (χ1v) is 8.83. The molecule has 0 aliphatic carbocycles. The highest BCUT2D eigenvalue weighted by Gasteiger charge is 2.13. The van der Waals surface area contributed by atoms with Crippen LogP contribution >= 0.6 is 11.6 Å². The van der Waals surface area contributed by atoms with Crippen molar-refractivity contribution in [3.05, 3.63) is 82.6 Å². The van der Waals surface area contributed by atoms with E-state index in [1.54, 1.807) is 49.6 Å². The van der Waals surface area contributed by atoms with E-state index in [0.29, 0.717) is 27.7 Å². The number of rotatable bonds is 5. The molecule has 0 saturated heterocycles. The predicted molar refractivity (Wildman–Crippen MR) is 109 cm³/mol. The molecule has 0 saturated carbocycles. The first kappa shape index (κ1) is 19.4. The number of carbonyl (C=O) groups excluding carboxylic acids is 2. The third kappa shape index (κ3) is 4.66. The molecule has 0 fully saturated rings. The number of carbonyl (C=O) groups is 2. The minimum absolute atomic E-state index is 0.124. The summed E-state index contributed by atoms with van der Waals surface area (Å²) in [5.74, 6) is -0.0870. The number of pyridine rings is 1. The van der Waals surface area contributed by atoms with Gasteiger partial charge < -0.3 is 15.4 Å². The Kier molecular flexibility index (Phi) is 5.91. The Bertz CT molecular complexity index is 1020. The monoisotopic (exact) mass is 395 g/mol. The van der Waals surface area contributed by atoms with Crippen molar-refractivity contribution in [1.29, 1.82) is 0 Å². The first-order valence-electron chi connectivity index (χ1n) is 8.45. The minimum Gasteiger partial charge on any atom is -0.497 e. The van der Waals surface area contributed by atoms with Crippen LogP contribution in [0.4, 0.5) is 11.4 Å². The van der Waals surface area contributed by atoms with Gasteiger partial charge in [-0.1, -0.05) is 17.7 Å². The average Bonchev–Trinajstić information content (AvgIpc) is 2.71. The number of hydrogen-bond donors (Lipinski definition) is 2. The topological polar surface area (TPSA) is 80.3 Å². The normalized spacial score (nSPS) is 10.2. The number of benzene rings is 2. The molecule has 0 aliphatic heterocycles. The Morgan fingerprint density at radius 2 is 1.61 bits per heavy atom. The second kappa shape index (κ2) is 8.54. The fourth-order valence-corrected chi connectivity index (χ4v) is 2.62. The molecule has 28 heavy (non-hydrogen) atoms. The van der Waals surface area contributed by atoms with Crippen molar-refractivity contribution in [3.63, 3.8) is 0 Å². The summed E-state index contributed by atoms with van der Waals surface area (Å²) in [4.78, 5) is 29.0. The highest BCUT2D eigenvalue weighted by Crippen LogP contribution is 2.20. The lowest BCUT2D eigenvalue weighted by Crippen LogP contribution is -2.17. The van der Waals surface area contributed by atoms with Crippen molar-refractivity contribution in [3.8, 4) is 5.75 Å². The number of halogens is 1. The van der Waals surface area contributed by atoms with Gasteiger partial charge in [-0.05, 0) is 61.0 Å². The van der Waals surface area contributed by atoms with Gasteiger partial charge in [-0.2, -0.15) is 0 Å². The van der Waals surface area contributed by atoms with E-state index >= 15 is 0 Å². The van der Waals surface area contributed by atoms with E-state index in [4.69, 9.17) is 16.3 Å². The molecule has 7 heteroatoms. The van der Waals surface area contributed by atoms with Gasteiger partial charge in [0.2, 0.25) is 0 Å². The van der Waals surface area contributed by atoms with Crippen molar-refractivity contribution in [1.82, 2.24) is 4.98 Å². The van der Waals surface area contributed by atoms with Crippen molar-refractivity contribution in [2.45, 2.75) is 6.92 Å². The number of amides is 2. The zero-order valence-electron chi connectivity index (χ0n) is 15.3. The van der Waals surface area contributed by atoms with Gasteiger partial charge in [0, 0.05) is 28.2 Å². The van der Waals surface area contributed by atoms with Gasteiger partial charge in [-0.15, -0.1) is 0 Å². The molecule has 0 aliphatic rings. The summed E-state index contributed by atoms with van der Waals surface area (Å²) >= 11 is 6.08. The standard InChI is InChI=1S/C21H18ClN3O3/c1-13-3-4-16(12-18(13)22)25-21(27)19-11-14(9-10-23-19)20(26)24-15-5-7-17(28-2)8-6-15/h3-12H,1-2H3,(H,24,26)(H,25,27). The fraction of sp³-hybridized carbons (Fsp3) is 0.0952. The number of hydrogen-bond acceptors (Lipinski definition) is 4. The van der Waals surface area contributed by atoms with Crippen LogP contribution in [-0.2, 0) is 0 Å². The summed E-state index contributed by atoms with van der Waals surface area (Å²) in [5.41, 5.74) is 2.52. The maximum Gasteiger partial charge on any atom is 0.274 e. The minimum atomic E-state index is -0.431. The molecule has 142 valence electrons. The van der Waals surface area contributed by atoms with E-state index < -0.39 is 5.91 Å². The Balaban J connectivity index is 1.72. The molecule has 0 unspecified atom stereocenters. The molecule has 0 bridgehead atoms. The number of aryl methyl sites for hydroxylation is 1. The molecule has 3 aromatic rings. The molecule has 6 nitrogen and oxygen atoms in total. The van der Waals surface area contributed by atoms with Gasteiger partial charge in [0.25, 0.3) is 11.8 Å². The van der Waals surface area contributed by atoms with E-state index in [-0.39, 0.29) is 11.6 Å². The molecule has 3 rings (SSSR count). The van der Waals surface area contributed by atoms with Crippen LogP contribution in [0.5, 0.6) is 5.75 Å². The third-order valence-electron chi connectivity index (χ3n) is 4.03. The molecule has 0 spiro atoms. The van der Waals surface area contributed by atoms with E-state index in [1.807, 2.05) is 13.0 Å². The van der Waals surface area contributed by atoms with Crippen LogP contribution in [0.2, 0.25) is 5.02 Å². The molecular formula is C21H18ClN3O3. The molecule has 0 radical (unpaired) electrons. The fourth-order valence-electron chi connectivity index (χ4n) is 2.44. The number of anilines is 2. The maximum atomic E-state index is 12.5. The Morgan fingerprint density at radius 1 is 0.929 bits per heavy atom. The quantitative estimate of drug-likeness (QED) is 0.663. The third-order valence-corrected chi connectivity index (χ3v) is 4.44. The molecule has 2 amide bonds. The molecular weight excluding hydrogens is 378 g/mol. The van der Waals surface area contributed by atoms with E-state index in [9.17, 15) is 9.59 Å². The van der Waals surface area contributed by atoms with Gasteiger partial charge in [0.1, 0.15) is 11.4 Å². The van der Waals surface area contributed by atoms with E-state index in [0.717, 1.165) is 5.56 Å². The summed E-state index contributed by atoms with van der Waals surface area (Å²) in [7, 11) is 1.57. The summed E-state index contributed by atoms with van der Waals surface area (Å²) in [6, 6.07) is 15.1. The van der Waals surface area contributed by atoms with Crippen molar-refractivity contribution in [2.24, 2.45) is 0 Å². The zero-order chi connectivity index (χ0) is 20.1. The highest BCUT2D eigenvalue weighted by molar-refractivity contribution is 6.31. The predicted octanol–water partition coefficient (Wildman–Crippen LogP) is 4.56. The average molecular weight is 396 g/mol.